The van der Waals surface area contributed by atoms with Crippen LogP contribution in [0.2, 0.25) is 0 Å². The maximum atomic E-state index is 13.3. The van der Waals surface area contributed by atoms with E-state index < -0.39 is 11.6 Å². The van der Waals surface area contributed by atoms with Crippen molar-refractivity contribution in [3.05, 3.63) is 59.2 Å². The third kappa shape index (κ3) is 3.19. The number of amides is 5. The number of benzene rings is 2. The SMILES string of the molecule is CN1C(=O)c2ccc(NC(=O)CCCN3C(=O)c4ccccc4N4C(=O)CCC34C)cc2C1=O. The maximum absolute atomic E-state index is 13.3. The average molecular weight is 460 g/mol. The molecule has 0 spiro atoms. The zero-order valence-corrected chi connectivity index (χ0v) is 19.0. The molecule has 3 heterocycles. The Morgan fingerprint density at radius 1 is 0.971 bits per heavy atom. The van der Waals surface area contributed by atoms with E-state index in [1.54, 1.807) is 34.1 Å². The van der Waals surface area contributed by atoms with Gasteiger partial charge in [-0.25, -0.2) is 0 Å². The lowest BCUT2D eigenvalue weighted by Crippen LogP contribution is -2.62. The van der Waals surface area contributed by atoms with Gasteiger partial charge in [0.15, 0.2) is 0 Å². The van der Waals surface area contributed by atoms with Crippen molar-refractivity contribution >= 4 is 40.9 Å². The van der Waals surface area contributed by atoms with Gasteiger partial charge < -0.3 is 10.2 Å². The van der Waals surface area contributed by atoms with Crippen molar-refractivity contribution in [2.45, 2.75) is 38.3 Å². The van der Waals surface area contributed by atoms with Crippen LogP contribution in [0.25, 0.3) is 0 Å². The highest BCUT2D eigenvalue weighted by Crippen LogP contribution is 2.44. The molecule has 2 aromatic carbocycles. The molecule has 5 rings (SSSR count). The Kier molecular flexibility index (Phi) is 5.00. The summed E-state index contributed by atoms with van der Waals surface area (Å²) < 4.78 is 0. The predicted octanol–water partition coefficient (Wildman–Crippen LogP) is 2.63. The Morgan fingerprint density at radius 2 is 1.71 bits per heavy atom. The van der Waals surface area contributed by atoms with Gasteiger partial charge in [0.05, 0.1) is 22.4 Å². The molecule has 0 aliphatic carbocycles. The van der Waals surface area contributed by atoms with Crippen LogP contribution in [0.15, 0.2) is 42.5 Å². The summed E-state index contributed by atoms with van der Waals surface area (Å²) in [5.41, 5.74) is 1.39. The number of rotatable bonds is 5. The zero-order valence-electron chi connectivity index (χ0n) is 19.0. The molecule has 174 valence electrons. The van der Waals surface area contributed by atoms with Gasteiger partial charge in [-0.2, -0.15) is 0 Å². The van der Waals surface area contributed by atoms with E-state index >= 15 is 0 Å². The van der Waals surface area contributed by atoms with E-state index in [4.69, 9.17) is 0 Å². The van der Waals surface area contributed by atoms with Gasteiger partial charge in [-0.1, -0.05) is 12.1 Å². The minimum atomic E-state index is -0.752. The lowest BCUT2D eigenvalue weighted by atomic mass is 9.98. The highest BCUT2D eigenvalue weighted by atomic mass is 16.2. The van der Waals surface area contributed by atoms with Gasteiger partial charge in [0, 0.05) is 32.1 Å². The van der Waals surface area contributed by atoms with Gasteiger partial charge in [0.1, 0.15) is 5.66 Å². The Labute approximate surface area is 196 Å². The predicted molar refractivity (Wildman–Crippen MR) is 123 cm³/mol. The first-order chi connectivity index (χ1) is 16.2. The number of imide groups is 1. The summed E-state index contributed by atoms with van der Waals surface area (Å²) in [6.45, 7) is 2.22. The second kappa shape index (κ2) is 7.79. The minimum Gasteiger partial charge on any atom is -0.326 e. The second-order valence-corrected chi connectivity index (χ2v) is 9.00. The molecule has 0 aromatic heterocycles. The van der Waals surface area contributed by atoms with Crippen molar-refractivity contribution in [2.75, 3.05) is 23.8 Å². The molecule has 0 bridgehead atoms. The van der Waals surface area contributed by atoms with E-state index in [1.165, 1.54) is 19.2 Å². The average Bonchev–Trinajstić information content (AvgIpc) is 3.24. The fourth-order valence-electron chi connectivity index (χ4n) is 5.10. The number of hydrogen-bond donors (Lipinski definition) is 1. The van der Waals surface area contributed by atoms with E-state index in [1.807, 2.05) is 13.0 Å². The molecule has 3 aliphatic rings. The van der Waals surface area contributed by atoms with Crippen molar-refractivity contribution in [3.8, 4) is 0 Å². The summed E-state index contributed by atoms with van der Waals surface area (Å²) in [4.78, 5) is 67.1. The Hall–Kier alpha value is -4.01. The molecule has 1 N–H and O–H groups in total. The van der Waals surface area contributed by atoms with Gasteiger partial charge >= 0.3 is 0 Å². The molecule has 1 unspecified atom stereocenters. The van der Waals surface area contributed by atoms with E-state index in [2.05, 4.69) is 5.32 Å². The van der Waals surface area contributed by atoms with Crippen LogP contribution in [0.5, 0.6) is 0 Å². The van der Waals surface area contributed by atoms with Crippen LogP contribution in [0.4, 0.5) is 11.4 Å². The number of carbonyl (C=O) groups excluding carboxylic acids is 5. The van der Waals surface area contributed by atoms with Gasteiger partial charge in [-0.3, -0.25) is 33.8 Å². The highest BCUT2D eigenvalue weighted by molar-refractivity contribution is 6.21. The Balaban J connectivity index is 1.26. The molecule has 3 aliphatic heterocycles. The first-order valence-corrected chi connectivity index (χ1v) is 11.2. The van der Waals surface area contributed by atoms with Crippen LogP contribution in [-0.4, -0.2) is 58.6 Å². The first-order valence-electron chi connectivity index (χ1n) is 11.2. The van der Waals surface area contributed by atoms with Gasteiger partial charge in [-0.15, -0.1) is 0 Å². The highest BCUT2D eigenvalue weighted by Gasteiger charge is 2.52. The normalized spacial score (nSPS) is 21.1. The minimum absolute atomic E-state index is 0.0134. The standard InChI is InChI=1S/C25H24N4O5/c1-25-12-11-21(31)29(25)19-7-4-3-6-17(19)24(34)28(25)13-5-8-20(30)26-15-9-10-16-18(14-15)23(33)27(2)22(16)32/h3-4,6-7,9-10,14H,5,8,11-13H2,1-2H3,(H,26,30). The molecule has 0 radical (unpaired) electrons. The molecular weight excluding hydrogens is 436 g/mol. The van der Waals surface area contributed by atoms with Crippen LogP contribution in [0.3, 0.4) is 0 Å². The number of anilines is 2. The molecule has 1 atom stereocenters. The smallest absolute Gasteiger partial charge is 0.261 e. The summed E-state index contributed by atoms with van der Waals surface area (Å²) in [5.74, 6) is -1.18. The van der Waals surface area contributed by atoms with Crippen LogP contribution < -0.4 is 10.2 Å². The quantitative estimate of drug-likeness (QED) is 0.691. The molecule has 1 fully saturated rings. The molecule has 0 saturated carbocycles. The molecular formula is C25H24N4O5. The summed E-state index contributed by atoms with van der Waals surface area (Å²) in [7, 11) is 1.42. The summed E-state index contributed by atoms with van der Waals surface area (Å²) in [6, 6.07) is 11.7. The van der Waals surface area contributed by atoms with Crippen molar-refractivity contribution in [2.24, 2.45) is 0 Å². The van der Waals surface area contributed by atoms with Gasteiger partial charge in [0.2, 0.25) is 11.8 Å². The first kappa shape index (κ1) is 21.8. The Morgan fingerprint density at radius 3 is 2.50 bits per heavy atom. The Bertz CT molecular complexity index is 1270. The van der Waals surface area contributed by atoms with E-state index in [0.29, 0.717) is 48.3 Å². The lowest BCUT2D eigenvalue weighted by molar-refractivity contribution is -0.118. The maximum Gasteiger partial charge on any atom is 0.261 e. The largest absolute Gasteiger partial charge is 0.326 e. The molecule has 9 nitrogen and oxygen atoms in total. The summed E-state index contributed by atoms with van der Waals surface area (Å²) in [6.07, 6.45) is 1.46. The zero-order chi connectivity index (χ0) is 24.2. The van der Waals surface area contributed by atoms with E-state index in [-0.39, 0.29) is 35.6 Å². The fraction of sp³-hybridized carbons (Fsp3) is 0.320. The van der Waals surface area contributed by atoms with Crippen LogP contribution >= 0.6 is 0 Å². The van der Waals surface area contributed by atoms with Gasteiger partial charge in [-0.05, 0) is 50.1 Å². The second-order valence-electron chi connectivity index (χ2n) is 9.00. The molecule has 5 amide bonds. The van der Waals surface area contributed by atoms with E-state index in [9.17, 15) is 24.0 Å². The summed E-state index contributed by atoms with van der Waals surface area (Å²) in [5, 5.41) is 2.76. The number of para-hydroxylation sites is 1. The molecule has 9 heteroatoms. The fourth-order valence-corrected chi connectivity index (χ4v) is 5.10. The van der Waals surface area contributed by atoms with Crippen LogP contribution in [0.1, 0.15) is 63.7 Å². The van der Waals surface area contributed by atoms with Crippen molar-refractivity contribution < 1.29 is 24.0 Å². The third-order valence-electron chi connectivity index (χ3n) is 6.90. The lowest BCUT2D eigenvalue weighted by Gasteiger charge is -2.48. The topological polar surface area (TPSA) is 107 Å². The number of nitrogens with one attached hydrogen (secondary N) is 1. The number of fused-ring (bicyclic) bond motifs is 4. The number of nitrogens with zero attached hydrogens (tertiary/aromatic N) is 3. The third-order valence-corrected chi connectivity index (χ3v) is 6.90. The van der Waals surface area contributed by atoms with Crippen LogP contribution in [0, 0.1) is 0 Å². The molecule has 1 saturated heterocycles. The van der Waals surface area contributed by atoms with Crippen LogP contribution in [-0.2, 0) is 9.59 Å². The molecule has 34 heavy (non-hydrogen) atoms. The van der Waals surface area contributed by atoms with Crippen molar-refractivity contribution in [3.63, 3.8) is 0 Å². The van der Waals surface area contributed by atoms with Gasteiger partial charge in [0.25, 0.3) is 17.7 Å². The number of carbonyl (C=O) groups is 5. The monoisotopic (exact) mass is 460 g/mol. The number of hydrogen-bond acceptors (Lipinski definition) is 5. The van der Waals surface area contributed by atoms with Crippen molar-refractivity contribution in [1.82, 2.24) is 9.80 Å². The molecule has 2 aromatic rings. The summed E-state index contributed by atoms with van der Waals surface area (Å²) >= 11 is 0. The van der Waals surface area contributed by atoms with Crippen molar-refractivity contribution in [1.29, 1.82) is 0 Å². The van der Waals surface area contributed by atoms with E-state index in [0.717, 1.165) is 4.90 Å².